The van der Waals surface area contributed by atoms with Gasteiger partial charge in [0.15, 0.2) is 14.6 Å². The molecule has 6 nitrogen and oxygen atoms in total. The van der Waals surface area contributed by atoms with Gasteiger partial charge in [-0.2, -0.15) is 0 Å². The number of unbranched alkanes of at least 4 members (excludes halogenated alkanes) is 6. The highest BCUT2D eigenvalue weighted by Crippen LogP contribution is 2.45. The predicted molar refractivity (Wildman–Crippen MR) is 176 cm³/mol. The van der Waals surface area contributed by atoms with Crippen LogP contribution >= 0.6 is 0 Å². The third-order valence-electron chi connectivity index (χ3n) is 10.1. The normalized spacial score (nSPS) is 26.0. The maximum Gasteiger partial charge on any atom is 0.303 e. The molecule has 0 amide bonds. The minimum Gasteiger partial charge on any atom is -0.481 e. The summed E-state index contributed by atoms with van der Waals surface area (Å²) in [5.74, 6) is -3.83. The summed E-state index contributed by atoms with van der Waals surface area (Å²) in [6.45, 7) is 13.1. The second-order valence-corrected chi connectivity index (χ2v) is 19.6. The van der Waals surface area contributed by atoms with E-state index in [0.29, 0.717) is 38.7 Å². The molecule has 2 N–H and O–H groups in total. The fourth-order valence-corrected chi connectivity index (χ4v) is 7.67. The van der Waals surface area contributed by atoms with Crippen LogP contribution in [0.4, 0.5) is 8.78 Å². The van der Waals surface area contributed by atoms with Crippen LogP contribution in [0.1, 0.15) is 137 Å². The Morgan fingerprint density at radius 1 is 1.05 bits per heavy atom. The fourth-order valence-electron chi connectivity index (χ4n) is 6.32. The molecule has 1 saturated carbocycles. The first kappa shape index (κ1) is 39.3. The van der Waals surface area contributed by atoms with Crippen molar-refractivity contribution in [1.82, 2.24) is 0 Å². The summed E-state index contributed by atoms with van der Waals surface area (Å²) in [6, 6.07) is 0. The highest BCUT2D eigenvalue weighted by molar-refractivity contribution is 6.74. The number of aliphatic hydroxyl groups excluding tert-OH is 1. The van der Waals surface area contributed by atoms with Crippen LogP contribution in [0.5, 0.6) is 0 Å². The number of rotatable bonds is 21. The van der Waals surface area contributed by atoms with Crippen LogP contribution in [0.3, 0.4) is 0 Å². The van der Waals surface area contributed by atoms with Gasteiger partial charge in [-0.25, -0.2) is 8.78 Å². The number of halogens is 2. The number of carbonyl (C=O) groups is 1. The maximum atomic E-state index is 15.9. The highest BCUT2D eigenvalue weighted by Gasteiger charge is 2.49. The molecule has 0 spiro atoms. The van der Waals surface area contributed by atoms with Crippen molar-refractivity contribution in [2.75, 3.05) is 6.61 Å². The Morgan fingerprint density at radius 3 is 2.41 bits per heavy atom. The average Bonchev–Trinajstić information content (AvgIpc) is 3.23. The smallest absolute Gasteiger partial charge is 0.303 e. The molecule has 258 valence electrons. The lowest BCUT2D eigenvalue weighted by molar-refractivity contribution is -0.197. The second kappa shape index (κ2) is 19.1. The summed E-state index contributed by atoms with van der Waals surface area (Å²) in [7, 11) is -2.46. The standard InChI is InChI=1S/C35H64F2O6Si/c1-7-8-9-17-24-35(36,37)31(43-44(5,6)34(2,3)4)23-22-28-27(19-14-12-10-11-13-15-20-32(39)40)29(38)26-30(28)42-33-21-16-18-25-41-33/h12,14,27-31,33,38H,7-11,13,15-26H2,1-6H3,(H,39,40)/b14-12-/t27?,28-,29-,30-,31?,33?/m1/s1. The van der Waals surface area contributed by atoms with Gasteiger partial charge in [-0.05, 0) is 94.2 Å². The molecule has 3 unspecified atom stereocenters. The monoisotopic (exact) mass is 646 g/mol. The van der Waals surface area contributed by atoms with Crippen molar-refractivity contribution in [3.8, 4) is 0 Å². The van der Waals surface area contributed by atoms with Crippen LogP contribution in [0, 0.1) is 11.8 Å². The van der Waals surface area contributed by atoms with Crippen molar-refractivity contribution >= 4 is 14.3 Å². The van der Waals surface area contributed by atoms with Gasteiger partial charge in [0.05, 0.1) is 12.2 Å². The summed E-state index contributed by atoms with van der Waals surface area (Å²) in [4.78, 5) is 10.7. The average molecular weight is 647 g/mol. The number of aliphatic hydroxyl groups is 1. The molecule has 1 aliphatic carbocycles. The van der Waals surface area contributed by atoms with E-state index in [1.165, 1.54) is 0 Å². The second-order valence-electron chi connectivity index (χ2n) is 14.8. The number of hydrogen-bond acceptors (Lipinski definition) is 5. The topological polar surface area (TPSA) is 85.2 Å². The van der Waals surface area contributed by atoms with Gasteiger partial charge < -0.3 is 24.1 Å². The first-order chi connectivity index (χ1) is 20.7. The fraction of sp³-hybridized carbons (Fsp3) is 0.914. The molecule has 6 atom stereocenters. The summed E-state index contributed by atoms with van der Waals surface area (Å²) < 4.78 is 50.7. The lowest BCUT2D eigenvalue weighted by atomic mass is 9.85. The van der Waals surface area contributed by atoms with Crippen LogP contribution < -0.4 is 0 Å². The van der Waals surface area contributed by atoms with Gasteiger partial charge in [0, 0.05) is 25.9 Å². The van der Waals surface area contributed by atoms with E-state index >= 15 is 8.78 Å². The van der Waals surface area contributed by atoms with E-state index in [1.807, 2.05) is 13.1 Å². The number of carboxylic acid groups (broad SMARTS) is 1. The van der Waals surface area contributed by atoms with Crippen molar-refractivity contribution in [2.45, 2.75) is 186 Å². The zero-order valence-corrected chi connectivity index (χ0v) is 29.6. The van der Waals surface area contributed by atoms with Crippen molar-refractivity contribution in [3.05, 3.63) is 12.2 Å². The third-order valence-corrected chi connectivity index (χ3v) is 14.6. The maximum absolute atomic E-state index is 15.9. The van der Waals surface area contributed by atoms with E-state index in [1.54, 1.807) is 0 Å². The van der Waals surface area contributed by atoms with Crippen LogP contribution in [0.15, 0.2) is 12.2 Å². The molecule has 2 rings (SSSR count). The van der Waals surface area contributed by atoms with E-state index in [4.69, 9.17) is 19.0 Å². The Labute approximate surface area is 267 Å². The molecule has 44 heavy (non-hydrogen) atoms. The third kappa shape index (κ3) is 13.5. The van der Waals surface area contributed by atoms with E-state index in [-0.39, 0.29) is 48.5 Å². The lowest BCUT2D eigenvalue weighted by Gasteiger charge is -2.42. The molecule has 1 heterocycles. The van der Waals surface area contributed by atoms with Gasteiger partial charge in [-0.3, -0.25) is 4.79 Å². The van der Waals surface area contributed by atoms with Crippen LogP contribution in [0.25, 0.3) is 0 Å². The van der Waals surface area contributed by atoms with Gasteiger partial charge in [0.2, 0.25) is 0 Å². The molecule has 0 aromatic carbocycles. The summed E-state index contributed by atoms with van der Waals surface area (Å²) in [6.07, 6.45) is 13.3. The number of alkyl halides is 2. The van der Waals surface area contributed by atoms with Crippen LogP contribution in [-0.4, -0.2) is 61.6 Å². The minimum atomic E-state index is -2.92. The number of carboxylic acids is 1. The molecule has 2 fully saturated rings. The van der Waals surface area contributed by atoms with Crippen LogP contribution in [-0.2, 0) is 18.7 Å². The van der Waals surface area contributed by atoms with E-state index in [9.17, 15) is 9.90 Å². The molecule has 2 aliphatic rings. The van der Waals surface area contributed by atoms with Gasteiger partial charge in [0.1, 0.15) is 6.10 Å². The molecule has 9 heteroatoms. The molecule has 1 saturated heterocycles. The minimum absolute atomic E-state index is 0.0721. The van der Waals surface area contributed by atoms with Crippen molar-refractivity contribution in [1.29, 1.82) is 0 Å². The molecule has 0 aromatic rings. The zero-order chi connectivity index (χ0) is 32.8. The zero-order valence-electron chi connectivity index (χ0n) is 28.6. The van der Waals surface area contributed by atoms with Gasteiger partial charge in [-0.1, -0.05) is 65.5 Å². The summed E-state index contributed by atoms with van der Waals surface area (Å²) >= 11 is 0. The molecule has 0 bridgehead atoms. The number of aliphatic carboxylic acids is 1. The summed E-state index contributed by atoms with van der Waals surface area (Å²) in [5, 5.41) is 19.8. The Morgan fingerprint density at radius 2 is 1.77 bits per heavy atom. The lowest BCUT2D eigenvalue weighted by Crippen LogP contribution is -2.49. The highest BCUT2D eigenvalue weighted by atomic mass is 28.4. The van der Waals surface area contributed by atoms with E-state index in [2.05, 4.69) is 39.8 Å². The Hall–Kier alpha value is -0.873. The molecule has 0 radical (unpaired) electrons. The Bertz CT molecular complexity index is 840. The predicted octanol–water partition coefficient (Wildman–Crippen LogP) is 9.65. The van der Waals surface area contributed by atoms with Gasteiger partial charge >= 0.3 is 5.97 Å². The Kier molecular flexibility index (Phi) is 17.0. The van der Waals surface area contributed by atoms with Crippen molar-refractivity contribution in [2.24, 2.45) is 11.8 Å². The molecule has 0 aromatic heterocycles. The van der Waals surface area contributed by atoms with Crippen molar-refractivity contribution in [3.63, 3.8) is 0 Å². The van der Waals surface area contributed by atoms with Crippen molar-refractivity contribution < 1.29 is 37.7 Å². The largest absolute Gasteiger partial charge is 0.481 e. The van der Waals surface area contributed by atoms with E-state index in [0.717, 1.165) is 57.8 Å². The molecular formula is C35H64F2O6Si. The number of hydrogen-bond donors (Lipinski definition) is 2. The van der Waals surface area contributed by atoms with E-state index < -0.39 is 32.4 Å². The first-order valence-electron chi connectivity index (χ1n) is 17.6. The van der Waals surface area contributed by atoms with Gasteiger partial charge in [-0.15, -0.1) is 0 Å². The molecular weight excluding hydrogens is 582 g/mol. The molecule has 1 aliphatic heterocycles. The quantitative estimate of drug-likeness (QED) is 0.0734. The number of ether oxygens (including phenoxy) is 2. The van der Waals surface area contributed by atoms with Crippen LogP contribution in [0.2, 0.25) is 18.1 Å². The first-order valence-corrected chi connectivity index (χ1v) is 20.5. The van der Waals surface area contributed by atoms with Gasteiger partial charge in [0.25, 0.3) is 5.92 Å². The Balaban J connectivity index is 2.17. The number of allylic oxidation sites excluding steroid dienone is 2. The SMILES string of the molecule is CCCCCCC(F)(F)C(CC[C@@H]1C(C/C=C\CCCCCC(=O)O)[C@H](O)C[C@H]1OC1CCCCO1)O[Si](C)(C)C(C)(C)C. The summed E-state index contributed by atoms with van der Waals surface area (Å²) in [5.41, 5.74) is 0.